The molecule has 10 heavy (non-hydrogen) atoms. The number of aromatic nitrogens is 2. The van der Waals surface area contributed by atoms with Crippen molar-refractivity contribution in [3.8, 4) is 0 Å². The maximum atomic E-state index is 5.70. The van der Waals surface area contributed by atoms with Crippen molar-refractivity contribution in [1.82, 2.24) is 9.97 Å². The van der Waals surface area contributed by atoms with Crippen molar-refractivity contribution in [2.75, 3.05) is 5.73 Å². The van der Waals surface area contributed by atoms with Gasteiger partial charge in [0.15, 0.2) is 3.83 Å². The smallest absolute Gasteiger partial charge is 0.192 e. The minimum Gasteiger partial charge on any atom is -0.382 e. The van der Waals surface area contributed by atoms with Gasteiger partial charge in [-0.3, -0.25) is 0 Å². The van der Waals surface area contributed by atoms with Crippen LogP contribution in [-0.4, -0.2) is 9.97 Å². The van der Waals surface area contributed by atoms with Crippen LogP contribution in [0.1, 0.15) is 5.69 Å². The standard InChI is InChI=1S/C5H5ClIN3/c1-2-3(6)4(8)10-5(7)9-2/h1H3,(H2,8,9,10). The zero-order valence-electron chi connectivity index (χ0n) is 5.23. The van der Waals surface area contributed by atoms with Crippen molar-refractivity contribution < 1.29 is 0 Å². The van der Waals surface area contributed by atoms with Crippen LogP contribution >= 0.6 is 34.2 Å². The molecule has 0 radical (unpaired) electrons. The molecule has 0 aliphatic carbocycles. The summed E-state index contributed by atoms with van der Waals surface area (Å²) in [5.41, 5.74) is 6.15. The first kappa shape index (κ1) is 8.00. The number of nitrogen functional groups attached to an aromatic ring is 1. The summed E-state index contributed by atoms with van der Waals surface area (Å²) in [7, 11) is 0. The fourth-order valence-corrected chi connectivity index (χ4v) is 1.25. The number of nitrogens with two attached hydrogens (primary N) is 1. The molecular formula is C5H5ClIN3. The van der Waals surface area contributed by atoms with Gasteiger partial charge in [0.25, 0.3) is 0 Å². The Morgan fingerprint density at radius 3 is 2.60 bits per heavy atom. The fourth-order valence-electron chi connectivity index (χ4n) is 0.546. The summed E-state index contributed by atoms with van der Waals surface area (Å²) in [5, 5.41) is 0.445. The number of halogens is 2. The first-order chi connectivity index (χ1) is 4.61. The van der Waals surface area contributed by atoms with Gasteiger partial charge in [0.2, 0.25) is 0 Å². The van der Waals surface area contributed by atoms with Crippen LogP contribution in [0, 0.1) is 10.8 Å². The molecule has 3 nitrogen and oxygen atoms in total. The largest absolute Gasteiger partial charge is 0.382 e. The van der Waals surface area contributed by atoms with Gasteiger partial charge < -0.3 is 5.73 Å². The number of anilines is 1. The molecule has 1 aromatic heterocycles. The Morgan fingerprint density at radius 1 is 1.50 bits per heavy atom. The van der Waals surface area contributed by atoms with E-state index >= 15 is 0 Å². The lowest BCUT2D eigenvalue weighted by Gasteiger charge is -1.99. The summed E-state index contributed by atoms with van der Waals surface area (Å²) in [6.07, 6.45) is 0. The monoisotopic (exact) mass is 269 g/mol. The van der Waals surface area contributed by atoms with Gasteiger partial charge in [0, 0.05) is 22.6 Å². The highest BCUT2D eigenvalue weighted by Crippen LogP contribution is 2.19. The van der Waals surface area contributed by atoms with Gasteiger partial charge in [0.1, 0.15) is 10.8 Å². The predicted molar refractivity (Wildman–Crippen MR) is 48.9 cm³/mol. The van der Waals surface area contributed by atoms with Crippen molar-refractivity contribution in [3.63, 3.8) is 0 Å². The van der Waals surface area contributed by atoms with Gasteiger partial charge in [-0.05, 0) is 6.92 Å². The minimum absolute atomic E-state index is 0.346. The quantitative estimate of drug-likeness (QED) is 0.575. The summed E-state index contributed by atoms with van der Waals surface area (Å²) in [5.74, 6) is 0.346. The van der Waals surface area contributed by atoms with Crippen molar-refractivity contribution >= 4 is 40.0 Å². The summed E-state index contributed by atoms with van der Waals surface area (Å²) in [4.78, 5) is 7.85. The molecule has 0 unspecified atom stereocenters. The topological polar surface area (TPSA) is 51.8 Å². The molecule has 0 saturated carbocycles. The molecular weight excluding hydrogens is 264 g/mol. The summed E-state index contributed by atoms with van der Waals surface area (Å²) in [6.45, 7) is 1.79. The van der Waals surface area contributed by atoms with E-state index < -0.39 is 0 Å². The lowest BCUT2D eigenvalue weighted by atomic mass is 10.4. The molecule has 0 atom stereocenters. The van der Waals surface area contributed by atoms with Crippen LogP contribution in [-0.2, 0) is 0 Å². The Balaban J connectivity index is 3.31. The van der Waals surface area contributed by atoms with E-state index in [1.54, 1.807) is 6.92 Å². The Kier molecular flexibility index (Phi) is 2.30. The highest BCUT2D eigenvalue weighted by Gasteiger charge is 2.03. The SMILES string of the molecule is Cc1nc(I)nc(N)c1Cl. The molecule has 0 amide bonds. The van der Waals surface area contributed by atoms with E-state index in [4.69, 9.17) is 17.3 Å². The van der Waals surface area contributed by atoms with E-state index in [-0.39, 0.29) is 0 Å². The van der Waals surface area contributed by atoms with Crippen LogP contribution in [0.3, 0.4) is 0 Å². The van der Waals surface area contributed by atoms with E-state index in [1.807, 2.05) is 22.6 Å². The number of nitrogens with zero attached hydrogens (tertiary/aromatic N) is 2. The molecule has 0 spiro atoms. The lowest BCUT2D eigenvalue weighted by Crippen LogP contribution is -1.98. The predicted octanol–water partition coefficient (Wildman–Crippen LogP) is 1.63. The molecule has 1 aromatic rings. The highest BCUT2D eigenvalue weighted by atomic mass is 127. The second-order valence-electron chi connectivity index (χ2n) is 1.78. The second-order valence-corrected chi connectivity index (χ2v) is 3.12. The van der Waals surface area contributed by atoms with Crippen LogP contribution in [0.25, 0.3) is 0 Å². The van der Waals surface area contributed by atoms with Gasteiger partial charge in [-0.15, -0.1) is 0 Å². The summed E-state index contributed by atoms with van der Waals surface area (Å²) < 4.78 is 0.622. The molecule has 54 valence electrons. The number of aryl methyl sites for hydroxylation is 1. The first-order valence-corrected chi connectivity index (χ1v) is 4.02. The number of rotatable bonds is 0. The first-order valence-electron chi connectivity index (χ1n) is 2.56. The molecule has 1 rings (SSSR count). The molecule has 2 N–H and O–H groups in total. The van der Waals surface area contributed by atoms with Gasteiger partial charge in [-0.2, -0.15) is 0 Å². The zero-order chi connectivity index (χ0) is 7.72. The molecule has 1 heterocycles. The second kappa shape index (κ2) is 2.87. The van der Waals surface area contributed by atoms with Crippen LogP contribution in [0.5, 0.6) is 0 Å². The van der Waals surface area contributed by atoms with E-state index in [1.165, 1.54) is 0 Å². The van der Waals surface area contributed by atoms with Crippen LogP contribution in [0.15, 0.2) is 0 Å². The van der Waals surface area contributed by atoms with Gasteiger partial charge in [-0.1, -0.05) is 11.6 Å². The van der Waals surface area contributed by atoms with Crippen LogP contribution in [0.4, 0.5) is 5.82 Å². The van der Waals surface area contributed by atoms with Crippen molar-refractivity contribution in [3.05, 3.63) is 14.5 Å². The maximum Gasteiger partial charge on any atom is 0.192 e. The Labute approximate surface area is 77.1 Å². The minimum atomic E-state index is 0.346. The Bertz CT molecular complexity index is 240. The van der Waals surface area contributed by atoms with Crippen molar-refractivity contribution in [2.24, 2.45) is 0 Å². The molecule has 5 heteroatoms. The third-order valence-electron chi connectivity index (χ3n) is 1.02. The van der Waals surface area contributed by atoms with E-state index in [9.17, 15) is 0 Å². The average molecular weight is 269 g/mol. The Hall–Kier alpha value is -0.100. The highest BCUT2D eigenvalue weighted by molar-refractivity contribution is 14.1. The third kappa shape index (κ3) is 1.49. The Morgan fingerprint density at radius 2 is 2.10 bits per heavy atom. The van der Waals surface area contributed by atoms with Crippen molar-refractivity contribution in [2.45, 2.75) is 6.92 Å². The van der Waals surface area contributed by atoms with Gasteiger partial charge >= 0.3 is 0 Å². The summed E-state index contributed by atoms with van der Waals surface area (Å²) in [6, 6.07) is 0. The zero-order valence-corrected chi connectivity index (χ0v) is 8.14. The molecule has 0 aliphatic rings. The third-order valence-corrected chi connectivity index (χ3v) is 1.96. The van der Waals surface area contributed by atoms with E-state index in [0.29, 0.717) is 14.7 Å². The molecule has 0 saturated heterocycles. The lowest BCUT2D eigenvalue weighted by molar-refractivity contribution is 1.06. The fraction of sp³-hybridized carbons (Fsp3) is 0.200. The number of hydrogen-bond acceptors (Lipinski definition) is 3. The van der Waals surface area contributed by atoms with Crippen molar-refractivity contribution in [1.29, 1.82) is 0 Å². The van der Waals surface area contributed by atoms with E-state index in [2.05, 4.69) is 9.97 Å². The molecule has 0 bridgehead atoms. The molecule has 0 fully saturated rings. The molecule has 0 aromatic carbocycles. The van der Waals surface area contributed by atoms with Crippen LogP contribution < -0.4 is 5.73 Å². The van der Waals surface area contributed by atoms with Gasteiger partial charge in [-0.25, -0.2) is 9.97 Å². The maximum absolute atomic E-state index is 5.70. The van der Waals surface area contributed by atoms with Crippen LogP contribution in [0.2, 0.25) is 5.02 Å². The van der Waals surface area contributed by atoms with E-state index in [0.717, 1.165) is 5.69 Å². The average Bonchev–Trinajstić information content (AvgIpc) is 1.82. The number of hydrogen-bond donors (Lipinski definition) is 1. The van der Waals surface area contributed by atoms with Gasteiger partial charge in [0.05, 0.1) is 5.69 Å². The molecule has 0 aliphatic heterocycles. The summed E-state index contributed by atoms with van der Waals surface area (Å²) >= 11 is 7.68. The normalized spacial score (nSPS) is 9.90.